The Balaban J connectivity index is 2.58. The van der Waals surface area contributed by atoms with Crippen LogP contribution in [0.3, 0.4) is 0 Å². The van der Waals surface area contributed by atoms with Gasteiger partial charge in [-0.15, -0.1) is 0 Å². The van der Waals surface area contributed by atoms with Gasteiger partial charge in [0.2, 0.25) is 5.91 Å². The third-order valence-corrected chi connectivity index (χ3v) is 3.56. The monoisotopic (exact) mass is 378 g/mol. The molecule has 2 N–H and O–H groups in total. The van der Waals surface area contributed by atoms with Crippen molar-refractivity contribution in [3.8, 4) is 0 Å². The zero-order chi connectivity index (χ0) is 20.6. The maximum atomic E-state index is 12.5. The maximum Gasteiger partial charge on any atom is 0.408 e. The van der Waals surface area contributed by atoms with Gasteiger partial charge in [0.15, 0.2) is 0 Å². The first kappa shape index (κ1) is 22.5. The Morgan fingerprint density at radius 3 is 2.11 bits per heavy atom. The summed E-state index contributed by atoms with van der Waals surface area (Å²) in [4.78, 5) is 36.5. The zero-order valence-corrected chi connectivity index (χ0v) is 16.9. The first-order chi connectivity index (χ1) is 12.5. The lowest BCUT2D eigenvalue weighted by Crippen LogP contribution is -2.53. The number of esters is 1. The SMILES string of the molecule is CC(NC(=O)C(NC(=O)OC(C)(C)C)C(C)C)C(=O)OCc1ccccc1. The number of carbonyl (C=O) groups is 3. The van der Waals surface area contributed by atoms with Gasteiger partial charge in [0.1, 0.15) is 24.3 Å². The van der Waals surface area contributed by atoms with Crippen LogP contribution in [0.2, 0.25) is 0 Å². The third kappa shape index (κ3) is 8.57. The van der Waals surface area contributed by atoms with E-state index in [0.29, 0.717) is 0 Å². The first-order valence-corrected chi connectivity index (χ1v) is 9.00. The van der Waals surface area contributed by atoms with Crippen molar-refractivity contribution in [2.75, 3.05) is 0 Å². The maximum absolute atomic E-state index is 12.5. The summed E-state index contributed by atoms with van der Waals surface area (Å²) in [6.07, 6.45) is -0.685. The fourth-order valence-corrected chi connectivity index (χ4v) is 2.19. The highest BCUT2D eigenvalue weighted by molar-refractivity contribution is 5.89. The minimum atomic E-state index is -0.845. The third-order valence-electron chi connectivity index (χ3n) is 3.56. The zero-order valence-electron chi connectivity index (χ0n) is 16.9. The lowest BCUT2D eigenvalue weighted by atomic mass is 10.0. The van der Waals surface area contributed by atoms with Crippen molar-refractivity contribution in [3.63, 3.8) is 0 Å². The van der Waals surface area contributed by atoms with Crippen LogP contribution in [0.1, 0.15) is 47.1 Å². The quantitative estimate of drug-likeness (QED) is 0.712. The van der Waals surface area contributed by atoms with E-state index < -0.39 is 35.7 Å². The van der Waals surface area contributed by atoms with Gasteiger partial charge in [0.05, 0.1) is 0 Å². The fraction of sp³-hybridized carbons (Fsp3) is 0.550. The summed E-state index contributed by atoms with van der Waals surface area (Å²) >= 11 is 0. The molecular formula is C20H30N2O5. The van der Waals surface area contributed by atoms with Crippen LogP contribution in [0.5, 0.6) is 0 Å². The lowest BCUT2D eigenvalue weighted by Gasteiger charge is -2.26. The Hall–Kier alpha value is -2.57. The summed E-state index contributed by atoms with van der Waals surface area (Å²) < 4.78 is 10.4. The molecule has 2 atom stereocenters. The summed E-state index contributed by atoms with van der Waals surface area (Å²) in [6.45, 7) is 10.5. The highest BCUT2D eigenvalue weighted by Gasteiger charge is 2.29. The summed E-state index contributed by atoms with van der Waals surface area (Å²) in [5.41, 5.74) is 0.187. The molecule has 1 aromatic rings. The van der Waals surface area contributed by atoms with Crippen LogP contribution in [0.15, 0.2) is 30.3 Å². The predicted octanol–water partition coefficient (Wildman–Crippen LogP) is 2.78. The Morgan fingerprint density at radius 2 is 1.59 bits per heavy atom. The van der Waals surface area contributed by atoms with Crippen molar-refractivity contribution in [2.45, 2.75) is 65.8 Å². The number of rotatable bonds is 7. The molecule has 0 spiro atoms. The average Bonchev–Trinajstić information content (AvgIpc) is 2.56. The first-order valence-electron chi connectivity index (χ1n) is 9.00. The fourth-order valence-electron chi connectivity index (χ4n) is 2.19. The van der Waals surface area contributed by atoms with E-state index in [9.17, 15) is 14.4 Å². The van der Waals surface area contributed by atoms with Crippen molar-refractivity contribution in [3.05, 3.63) is 35.9 Å². The number of hydrogen-bond acceptors (Lipinski definition) is 5. The molecule has 150 valence electrons. The molecule has 0 saturated heterocycles. The summed E-state index contributed by atoms with van der Waals surface area (Å²) in [7, 11) is 0. The topological polar surface area (TPSA) is 93.7 Å². The molecule has 7 heteroatoms. The van der Waals surface area contributed by atoms with E-state index in [4.69, 9.17) is 9.47 Å². The number of alkyl carbamates (subject to hydrolysis) is 1. The largest absolute Gasteiger partial charge is 0.459 e. The van der Waals surface area contributed by atoms with Gasteiger partial charge < -0.3 is 20.1 Å². The Labute approximate surface area is 160 Å². The number of benzene rings is 1. The van der Waals surface area contributed by atoms with E-state index in [0.717, 1.165) is 5.56 Å². The van der Waals surface area contributed by atoms with Crippen LogP contribution in [0.4, 0.5) is 4.79 Å². The van der Waals surface area contributed by atoms with Crippen LogP contribution in [-0.4, -0.2) is 35.7 Å². The van der Waals surface area contributed by atoms with Gasteiger partial charge in [0, 0.05) is 0 Å². The molecule has 27 heavy (non-hydrogen) atoms. The van der Waals surface area contributed by atoms with Gasteiger partial charge in [-0.05, 0) is 39.2 Å². The highest BCUT2D eigenvalue weighted by Crippen LogP contribution is 2.09. The molecule has 0 saturated carbocycles. The minimum absolute atomic E-state index is 0.129. The van der Waals surface area contributed by atoms with E-state index in [-0.39, 0.29) is 12.5 Å². The molecule has 0 fully saturated rings. The van der Waals surface area contributed by atoms with Crippen LogP contribution < -0.4 is 10.6 Å². The lowest BCUT2D eigenvalue weighted by molar-refractivity contribution is -0.148. The molecular weight excluding hydrogens is 348 g/mol. The molecule has 0 aliphatic heterocycles. The molecule has 0 aliphatic carbocycles. The van der Waals surface area contributed by atoms with Crippen molar-refractivity contribution in [2.24, 2.45) is 5.92 Å². The highest BCUT2D eigenvalue weighted by atomic mass is 16.6. The van der Waals surface area contributed by atoms with E-state index in [1.54, 1.807) is 34.6 Å². The van der Waals surface area contributed by atoms with E-state index >= 15 is 0 Å². The van der Waals surface area contributed by atoms with E-state index in [2.05, 4.69) is 10.6 Å². The van der Waals surface area contributed by atoms with Crippen LogP contribution in [-0.2, 0) is 25.7 Å². The molecule has 0 radical (unpaired) electrons. The molecule has 0 bridgehead atoms. The second kappa shape index (κ2) is 9.94. The molecule has 2 amide bonds. The molecule has 1 aromatic carbocycles. The molecule has 2 unspecified atom stereocenters. The van der Waals surface area contributed by atoms with Gasteiger partial charge in [-0.1, -0.05) is 44.2 Å². The minimum Gasteiger partial charge on any atom is -0.459 e. The number of hydrogen-bond donors (Lipinski definition) is 2. The van der Waals surface area contributed by atoms with Crippen molar-refractivity contribution >= 4 is 18.0 Å². The number of amides is 2. The number of nitrogens with one attached hydrogen (secondary N) is 2. The Bertz CT molecular complexity index is 638. The predicted molar refractivity (Wildman–Crippen MR) is 102 cm³/mol. The van der Waals surface area contributed by atoms with Crippen LogP contribution in [0, 0.1) is 5.92 Å². The summed E-state index contributed by atoms with van der Waals surface area (Å²) in [5.74, 6) is -1.21. The van der Waals surface area contributed by atoms with Gasteiger partial charge in [0.25, 0.3) is 0 Å². The van der Waals surface area contributed by atoms with E-state index in [1.165, 1.54) is 6.92 Å². The number of carbonyl (C=O) groups excluding carboxylic acids is 3. The molecule has 7 nitrogen and oxygen atoms in total. The second-order valence-electron chi connectivity index (χ2n) is 7.69. The smallest absolute Gasteiger partial charge is 0.408 e. The summed E-state index contributed by atoms with van der Waals surface area (Å²) in [5, 5.41) is 5.13. The van der Waals surface area contributed by atoms with Gasteiger partial charge in [-0.2, -0.15) is 0 Å². The molecule has 0 heterocycles. The molecule has 0 aromatic heterocycles. The van der Waals surface area contributed by atoms with Crippen molar-refractivity contribution in [1.82, 2.24) is 10.6 Å². The molecule has 1 rings (SSSR count). The normalized spacial score (nSPS) is 13.4. The van der Waals surface area contributed by atoms with E-state index in [1.807, 2.05) is 30.3 Å². The van der Waals surface area contributed by atoms with Crippen LogP contribution >= 0.6 is 0 Å². The van der Waals surface area contributed by atoms with Crippen molar-refractivity contribution in [1.29, 1.82) is 0 Å². The molecule has 0 aliphatic rings. The van der Waals surface area contributed by atoms with Gasteiger partial charge in [-0.25, -0.2) is 9.59 Å². The van der Waals surface area contributed by atoms with Crippen LogP contribution in [0.25, 0.3) is 0 Å². The second-order valence-corrected chi connectivity index (χ2v) is 7.69. The Morgan fingerprint density at radius 1 is 1.00 bits per heavy atom. The standard InChI is InChI=1S/C20H30N2O5/c1-13(2)16(22-19(25)27-20(4,5)6)17(23)21-14(3)18(24)26-12-15-10-8-7-9-11-15/h7-11,13-14,16H,12H2,1-6H3,(H,21,23)(H,22,25). The number of ether oxygens (including phenoxy) is 2. The van der Waals surface area contributed by atoms with Gasteiger partial charge in [-0.3, -0.25) is 4.79 Å². The Kier molecular flexibility index (Phi) is 8.28. The summed E-state index contributed by atoms with van der Waals surface area (Å²) in [6, 6.07) is 7.59. The van der Waals surface area contributed by atoms with Crippen molar-refractivity contribution < 1.29 is 23.9 Å². The average molecular weight is 378 g/mol. The van der Waals surface area contributed by atoms with Gasteiger partial charge >= 0.3 is 12.1 Å².